The summed E-state index contributed by atoms with van der Waals surface area (Å²) >= 11 is 0. The van der Waals surface area contributed by atoms with Crippen LogP contribution >= 0.6 is 0 Å². The second-order valence-electron chi connectivity index (χ2n) is 4.32. The van der Waals surface area contributed by atoms with Gasteiger partial charge in [-0.1, -0.05) is 0 Å². The zero-order valence-electron chi connectivity index (χ0n) is 9.37. The minimum Gasteiger partial charge on any atom is -0.495 e. The van der Waals surface area contributed by atoms with Gasteiger partial charge < -0.3 is 15.8 Å². The van der Waals surface area contributed by atoms with Gasteiger partial charge in [-0.25, -0.2) is 4.39 Å². The predicted octanol–water partition coefficient (Wildman–Crippen LogP) is 1.98. The van der Waals surface area contributed by atoms with Gasteiger partial charge in [-0.3, -0.25) is 0 Å². The highest BCUT2D eigenvalue weighted by Gasteiger charge is 2.25. The summed E-state index contributed by atoms with van der Waals surface area (Å²) in [6.45, 7) is 0.827. The number of nitrogens with two attached hydrogens (primary N) is 1. The number of ether oxygens (including phenoxy) is 1. The quantitative estimate of drug-likeness (QED) is 0.822. The molecule has 88 valence electrons. The Morgan fingerprint density at radius 2 is 2.25 bits per heavy atom. The van der Waals surface area contributed by atoms with Gasteiger partial charge in [0.05, 0.1) is 12.8 Å². The molecule has 0 atom stereocenters. The Balaban J connectivity index is 1.94. The van der Waals surface area contributed by atoms with Gasteiger partial charge >= 0.3 is 0 Å². The Morgan fingerprint density at radius 3 is 2.88 bits per heavy atom. The van der Waals surface area contributed by atoms with E-state index in [1.807, 2.05) is 0 Å². The number of halogens is 1. The molecule has 16 heavy (non-hydrogen) atoms. The number of methoxy groups -OCH3 is 1. The molecule has 1 aromatic rings. The second kappa shape index (κ2) is 4.70. The molecule has 2 rings (SSSR count). The van der Waals surface area contributed by atoms with Crippen LogP contribution in [0.4, 0.5) is 10.1 Å². The maximum absolute atomic E-state index is 13.1. The zero-order valence-corrected chi connectivity index (χ0v) is 9.37. The van der Waals surface area contributed by atoms with Gasteiger partial charge in [-0.2, -0.15) is 0 Å². The van der Waals surface area contributed by atoms with Crippen LogP contribution in [0.15, 0.2) is 18.2 Å². The van der Waals surface area contributed by atoms with Crippen molar-refractivity contribution in [1.29, 1.82) is 0 Å². The molecule has 1 aliphatic carbocycles. The van der Waals surface area contributed by atoms with Crippen molar-refractivity contribution in [2.24, 2.45) is 11.7 Å². The zero-order chi connectivity index (χ0) is 11.5. The Morgan fingerprint density at radius 1 is 1.50 bits per heavy atom. The Kier molecular flexibility index (Phi) is 3.29. The van der Waals surface area contributed by atoms with E-state index in [1.54, 1.807) is 13.2 Å². The molecule has 1 saturated carbocycles. The summed E-state index contributed by atoms with van der Waals surface area (Å²) in [5.41, 5.74) is 6.42. The molecule has 3 N–H and O–H groups in total. The van der Waals surface area contributed by atoms with Crippen LogP contribution < -0.4 is 15.8 Å². The molecule has 0 unspecified atom stereocenters. The van der Waals surface area contributed by atoms with Crippen LogP contribution in [-0.2, 0) is 0 Å². The predicted molar refractivity (Wildman–Crippen MR) is 62.1 cm³/mol. The molecule has 1 fully saturated rings. The van der Waals surface area contributed by atoms with E-state index >= 15 is 0 Å². The second-order valence-corrected chi connectivity index (χ2v) is 4.32. The lowest BCUT2D eigenvalue weighted by Gasteiger charge is -2.32. The van der Waals surface area contributed by atoms with Gasteiger partial charge in [0.15, 0.2) is 0 Å². The third-order valence-electron chi connectivity index (χ3n) is 3.01. The fourth-order valence-corrected chi connectivity index (χ4v) is 2.03. The van der Waals surface area contributed by atoms with Crippen molar-refractivity contribution >= 4 is 5.69 Å². The average Bonchev–Trinajstić information content (AvgIpc) is 2.23. The first-order valence-electron chi connectivity index (χ1n) is 5.52. The van der Waals surface area contributed by atoms with E-state index in [0.29, 0.717) is 23.4 Å². The van der Waals surface area contributed by atoms with Crippen LogP contribution in [0.3, 0.4) is 0 Å². The summed E-state index contributed by atoms with van der Waals surface area (Å²) < 4.78 is 18.2. The summed E-state index contributed by atoms with van der Waals surface area (Å²) in [6, 6.07) is 4.83. The Labute approximate surface area is 94.8 Å². The van der Waals surface area contributed by atoms with Crippen molar-refractivity contribution in [1.82, 2.24) is 0 Å². The van der Waals surface area contributed by atoms with Crippen LogP contribution in [0.2, 0.25) is 0 Å². The molecular formula is C12H17FN2O. The fourth-order valence-electron chi connectivity index (χ4n) is 2.03. The number of nitrogens with one attached hydrogen (secondary N) is 1. The third-order valence-corrected chi connectivity index (χ3v) is 3.01. The normalized spacial score (nSPS) is 23.7. The minimum absolute atomic E-state index is 0.256. The maximum atomic E-state index is 13.1. The van der Waals surface area contributed by atoms with Crippen LogP contribution in [0, 0.1) is 11.7 Å². The van der Waals surface area contributed by atoms with Crippen LogP contribution in [-0.4, -0.2) is 19.7 Å². The molecule has 0 saturated heterocycles. The molecule has 0 heterocycles. The molecule has 0 bridgehead atoms. The first kappa shape index (κ1) is 11.2. The van der Waals surface area contributed by atoms with Crippen LogP contribution in [0.25, 0.3) is 0 Å². The van der Waals surface area contributed by atoms with Gasteiger partial charge in [0.25, 0.3) is 0 Å². The summed E-state index contributed by atoms with van der Waals surface area (Å²) in [7, 11) is 1.58. The SMILES string of the molecule is COc1ccc(F)cc1NCC1CC(N)C1. The number of anilines is 1. The topological polar surface area (TPSA) is 47.3 Å². The van der Waals surface area contributed by atoms with E-state index in [-0.39, 0.29) is 5.82 Å². The lowest BCUT2D eigenvalue weighted by Crippen LogP contribution is -2.39. The summed E-state index contributed by atoms with van der Waals surface area (Å²) in [5.74, 6) is 1.02. The molecule has 0 radical (unpaired) electrons. The van der Waals surface area contributed by atoms with Crippen molar-refractivity contribution in [3.63, 3.8) is 0 Å². The van der Waals surface area contributed by atoms with Crippen molar-refractivity contribution in [2.45, 2.75) is 18.9 Å². The fraction of sp³-hybridized carbons (Fsp3) is 0.500. The van der Waals surface area contributed by atoms with E-state index in [9.17, 15) is 4.39 Å². The van der Waals surface area contributed by atoms with Gasteiger partial charge in [0.1, 0.15) is 11.6 Å². The molecule has 0 amide bonds. The van der Waals surface area contributed by atoms with Gasteiger partial charge in [0.2, 0.25) is 0 Å². The van der Waals surface area contributed by atoms with Crippen molar-refractivity contribution in [3.8, 4) is 5.75 Å². The highest BCUT2D eigenvalue weighted by atomic mass is 19.1. The lowest BCUT2D eigenvalue weighted by atomic mass is 9.81. The maximum Gasteiger partial charge on any atom is 0.142 e. The molecule has 0 aromatic heterocycles. The minimum atomic E-state index is -0.256. The van der Waals surface area contributed by atoms with Crippen molar-refractivity contribution in [3.05, 3.63) is 24.0 Å². The standard InChI is InChI=1S/C12H17FN2O/c1-16-12-3-2-9(13)6-11(12)15-7-8-4-10(14)5-8/h2-3,6,8,10,15H,4-5,7,14H2,1H3. The van der Waals surface area contributed by atoms with Gasteiger partial charge in [-0.15, -0.1) is 0 Å². The monoisotopic (exact) mass is 224 g/mol. The Hall–Kier alpha value is -1.29. The number of hydrogen-bond acceptors (Lipinski definition) is 3. The molecule has 0 aliphatic heterocycles. The van der Waals surface area contributed by atoms with E-state index in [1.165, 1.54) is 12.1 Å². The molecule has 4 heteroatoms. The van der Waals surface area contributed by atoms with E-state index in [2.05, 4.69) is 5.32 Å². The number of benzene rings is 1. The third kappa shape index (κ3) is 2.44. The number of rotatable bonds is 4. The summed E-state index contributed by atoms with van der Waals surface area (Å²) in [4.78, 5) is 0. The van der Waals surface area contributed by atoms with Crippen molar-refractivity contribution in [2.75, 3.05) is 19.0 Å². The molecule has 1 aliphatic rings. The van der Waals surface area contributed by atoms with Crippen LogP contribution in [0.5, 0.6) is 5.75 Å². The highest BCUT2D eigenvalue weighted by molar-refractivity contribution is 5.56. The van der Waals surface area contributed by atoms with Crippen LogP contribution in [0.1, 0.15) is 12.8 Å². The van der Waals surface area contributed by atoms with Gasteiger partial charge in [-0.05, 0) is 30.9 Å². The summed E-state index contributed by atoms with van der Waals surface area (Å²) in [5, 5.41) is 3.21. The molecule has 1 aromatic carbocycles. The van der Waals surface area contributed by atoms with Crippen molar-refractivity contribution < 1.29 is 9.13 Å². The lowest BCUT2D eigenvalue weighted by molar-refractivity contribution is 0.279. The first-order chi connectivity index (χ1) is 7.69. The smallest absolute Gasteiger partial charge is 0.142 e. The number of hydrogen-bond donors (Lipinski definition) is 2. The Bertz CT molecular complexity index is 364. The largest absolute Gasteiger partial charge is 0.495 e. The molecular weight excluding hydrogens is 207 g/mol. The average molecular weight is 224 g/mol. The highest BCUT2D eigenvalue weighted by Crippen LogP contribution is 2.29. The molecule has 0 spiro atoms. The van der Waals surface area contributed by atoms with E-state index in [0.717, 1.165) is 19.4 Å². The van der Waals surface area contributed by atoms with E-state index in [4.69, 9.17) is 10.5 Å². The summed E-state index contributed by atoms with van der Waals surface area (Å²) in [6.07, 6.45) is 2.09. The molecule has 3 nitrogen and oxygen atoms in total. The van der Waals surface area contributed by atoms with E-state index < -0.39 is 0 Å². The first-order valence-corrected chi connectivity index (χ1v) is 5.52. The van der Waals surface area contributed by atoms with Gasteiger partial charge in [0, 0.05) is 18.7 Å².